The van der Waals surface area contributed by atoms with Crippen LogP contribution in [0.4, 0.5) is 0 Å². The zero-order valence-electron chi connectivity index (χ0n) is 13.8. The van der Waals surface area contributed by atoms with Crippen molar-refractivity contribution in [1.82, 2.24) is 15.5 Å². The molecular weight excluding hydrogens is 292 g/mol. The smallest absolute Gasteiger partial charge is 0.248 e. The van der Waals surface area contributed by atoms with Crippen molar-refractivity contribution in [3.63, 3.8) is 0 Å². The van der Waals surface area contributed by atoms with Crippen molar-refractivity contribution in [1.29, 1.82) is 0 Å². The Morgan fingerprint density at radius 2 is 2.00 bits per heavy atom. The number of rotatable bonds is 7. The maximum atomic E-state index is 12.1. The summed E-state index contributed by atoms with van der Waals surface area (Å²) in [6.07, 6.45) is 1.45. The van der Waals surface area contributed by atoms with E-state index in [4.69, 9.17) is 10.3 Å². The first-order chi connectivity index (χ1) is 11.0. The highest BCUT2D eigenvalue weighted by Crippen LogP contribution is 2.13. The van der Waals surface area contributed by atoms with E-state index in [1.807, 2.05) is 44.2 Å². The predicted octanol–water partition coefficient (Wildman–Crippen LogP) is 2.21. The van der Waals surface area contributed by atoms with Crippen molar-refractivity contribution in [2.45, 2.75) is 45.7 Å². The molecule has 3 unspecified atom stereocenters. The molecule has 1 aromatic carbocycles. The van der Waals surface area contributed by atoms with Crippen LogP contribution in [0.15, 0.2) is 34.9 Å². The summed E-state index contributed by atoms with van der Waals surface area (Å²) in [7, 11) is 0. The van der Waals surface area contributed by atoms with Gasteiger partial charge in [0, 0.05) is 6.42 Å². The average Bonchev–Trinajstić information content (AvgIpc) is 3.02. The van der Waals surface area contributed by atoms with E-state index in [0.717, 1.165) is 12.0 Å². The standard InChI is InChI=1S/C17H24N4O2/c1-4-11(2)15(18)16(22)19-12(3)17-20-14(21-23-17)10-13-8-6-5-7-9-13/h5-9,11-12,15H,4,10,18H2,1-3H3,(H,19,22). The third-order valence-electron chi connectivity index (χ3n) is 3.98. The molecule has 1 heterocycles. The van der Waals surface area contributed by atoms with Gasteiger partial charge in [-0.3, -0.25) is 4.79 Å². The molecule has 6 nitrogen and oxygen atoms in total. The Kier molecular flexibility index (Phi) is 5.87. The van der Waals surface area contributed by atoms with Gasteiger partial charge in [0.05, 0.1) is 6.04 Å². The SMILES string of the molecule is CCC(C)C(N)C(=O)NC(C)c1nc(Cc2ccccc2)no1. The molecule has 0 radical (unpaired) electrons. The highest BCUT2D eigenvalue weighted by molar-refractivity contribution is 5.82. The zero-order chi connectivity index (χ0) is 16.8. The number of nitrogens with zero attached hydrogens (tertiary/aromatic N) is 2. The summed E-state index contributed by atoms with van der Waals surface area (Å²) in [6.45, 7) is 5.77. The zero-order valence-corrected chi connectivity index (χ0v) is 13.8. The Hall–Kier alpha value is -2.21. The third kappa shape index (κ3) is 4.63. The van der Waals surface area contributed by atoms with E-state index in [0.29, 0.717) is 18.1 Å². The van der Waals surface area contributed by atoms with Crippen LogP contribution in [0.1, 0.15) is 50.5 Å². The van der Waals surface area contributed by atoms with Gasteiger partial charge in [0.1, 0.15) is 6.04 Å². The van der Waals surface area contributed by atoms with E-state index in [-0.39, 0.29) is 17.9 Å². The lowest BCUT2D eigenvalue weighted by Gasteiger charge is -2.19. The van der Waals surface area contributed by atoms with Crippen molar-refractivity contribution >= 4 is 5.91 Å². The summed E-state index contributed by atoms with van der Waals surface area (Å²) in [5.41, 5.74) is 7.03. The normalized spacial score (nSPS) is 15.0. The lowest BCUT2D eigenvalue weighted by molar-refractivity contribution is -0.124. The summed E-state index contributed by atoms with van der Waals surface area (Å²) < 4.78 is 5.25. The van der Waals surface area contributed by atoms with E-state index < -0.39 is 6.04 Å². The van der Waals surface area contributed by atoms with Gasteiger partial charge in [-0.05, 0) is 18.4 Å². The number of benzene rings is 1. The Labute approximate surface area is 136 Å². The maximum Gasteiger partial charge on any atom is 0.248 e. The maximum absolute atomic E-state index is 12.1. The molecule has 23 heavy (non-hydrogen) atoms. The number of aromatic nitrogens is 2. The number of amides is 1. The van der Waals surface area contributed by atoms with Gasteiger partial charge >= 0.3 is 0 Å². The van der Waals surface area contributed by atoms with Crippen LogP contribution in [0, 0.1) is 5.92 Å². The summed E-state index contributed by atoms with van der Waals surface area (Å²) in [5, 5.41) is 6.80. The Bertz CT molecular complexity index is 627. The fourth-order valence-corrected chi connectivity index (χ4v) is 2.18. The van der Waals surface area contributed by atoms with E-state index in [2.05, 4.69) is 15.5 Å². The minimum Gasteiger partial charge on any atom is -0.343 e. The number of carbonyl (C=O) groups is 1. The fourth-order valence-electron chi connectivity index (χ4n) is 2.18. The second-order valence-electron chi connectivity index (χ2n) is 5.85. The summed E-state index contributed by atoms with van der Waals surface area (Å²) in [4.78, 5) is 16.4. The molecule has 0 aliphatic heterocycles. The molecule has 0 bridgehead atoms. The van der Waals surface area contributed by atoms with Gasteiger partial charge in [-0.15, -0.1) is 0 Å². The van der Waals surface area contributed by atoms with Gasteiger partial charge in [0.2, 0.25) is 11.8 Å². The average molecular weight is 316 g/mol. The second kappa shape index (κ2) is 7.87. The van der Waals surface area contributed by atoms with Crippen LogP contribution >= 0.6 is 0 Å². The van der Waals surface area contributed by atoms with Crippen molar-refractivity contribution in [2.75, 3.05) is 0 Å². The minimum absolute atomic E-state index is 0.124. The van der Waals surface area contributed by atoms with Crippen LogP contribution in [-0.4, -0.2) is 22.1 Å². The Morgan fingerprint density at radius 3 is 2.65 bits per heavy atom. The molecule has 0 spiro atoms. The number of carbonyl (C=O) groups excluding carboxylic acids is 1. The van der Waals surface area contributed by atoms with Crippen LogP contribution in [0.2, 0.25) is 0 Å². The topological polar surface area (TPSA) is 94.0 Å². The molecule has 0 saturated heterocycles. The molecule has 1 amide bonds. The molecule has 2 aromatic rings. The molecule has 0 aliphatic rings. The number of hydrogen-bond acceptors (Lipinski definition) is 5. The first-order valence-electron chi connectivity index (χ1n) is 7.93. The first kappa shape index (κ1) is 17.1. The number of nitrogens with one attached hydrogen (secondary N) is 1. The lowest BCUT2D eigenvalue weighted by Crippen LogP contribution is -2.45. The van der Waals surface area contributed by atoms with Crippen LogP contribution in [0.25, 0.3) is 0 Å². The molecule has 0 saturated carbocycles. The van der Waals surface area contributed by atoms with Gasteiger partial charge in [-0.2, -0.15) is 4.98 Å². The first-order valence-corrected chi connectivity index (χ1v) is 7.93. The van der Waals surface area contributed by atoms with Crippen molar-refractivity contribution in [3.05, 3.63) is 47.6 Å². The van der Waals surface area contributed by atoms with Gasteiger partial charge in [0.15, 0.2) is 5.82 Å². The van der Waals surface area contributed by atoms with Crippen LogP contribution in [0.5, 0.6) is 0 Å². The highest BCUT2D eigenvalue weighted by atomic mass is 16.5. The molecule has 1 aromatic heterocycles. The van der Waals surface area contributed by atoms with Crippen molar-refractivity contribution < 1.29 is 9.32 Å². The van der Waals surface area contributed by atoms with Gasteiger partial charge in [0.25, 0.3) is 0 Å². The van der Waals surface area contributed by atoms with E-state index in [1.165, 1.54) is 0 Å². The summed E-state index contributed by atoms with van der Waals surface area (Å²) in [5.74, 6) is 0.910. The fraction of sp³-hybridized carbons (Fsp3) is 0.471. The largest absolute Gasteiger partial charge is 0.343 e. The van der Waals surface area contributed by atoms with Crippen molar-refractivity contribution in [3.8, 4) is 0 Å². The number of nitrogens with two attached hydrogens (primary N) is 1. The van der Waals surface area contributed by atoms with Crippen LogP contribution in [0.3, 0.4) is 0 Å². The van der Waals surface area contributed by atoms with E-state index >= 15 is 0 Å². The molecular formula is C17H24N4O2. The highest BCUT2D eigenvalue weighted by Gasteiger charge is 2.23. The Morgan fingerprint density at radius 1 is 1.30 bits per heavy atom. The van der Waals surface area contributed by atoms with E-state index in [9.17, 15) is 4.79 Å². The minimum atomic E-state index is -0.533. The monoisotopic (exact) mass is 316 g/mol. The molecule has 3 atom stereocenters. The summed E-state index contributed by atoms with van der Waals surface area (Å²) in [6, 6.07) is 9.01. The van der Waals surface area contributed by atoms with Crippen molar-refractivity contribution in [2.24, 2.45) is 11.7 Å². The van der Waals surface area contributed by atoms with Crippen LogP contribution < -0.4 is 11.1 Å². The van der Waals surface area contributed by atoms with Gasteiger partial charge in [-0.25, -0.2) is 0 Å². The Balaban J connectivity index is 1.95. The third-order valence-corrected chi connectivity index (χ3v) is 3.98. The number of hydrogen-bond donors (Lipinski definition) is 2. The molecule has 2 rings (SSSR count). The molecule has 0 fully saturated rings. The summed E-state index contributed by atoms with van der Waals surface area (Å²) >= 11 is 0. The van der Waals surface area contributed by atoms with Gasteiger partial charge < -0.3 is 15.6 Å². The molecule has 3 N–H and O–H groups in total. The molecule has 0 aliphatic carbocycles. The van der Waals surface area contributed by atoms with Crippen LogP contribution in [-0.2, 0) is 11.2 Å². The van der Waals surface area contributed by atoms with E-state index in [1.54, 1.807) is 6.92 Å². The molecule has 124 valence electrons. The molecule has 6 heteroatoms. The van der Waals surface area contributed by atoms with Gasteiger partial charge in [-0.1, -0.05) is 55.8 Å². The lowest BCUT2D eigenvalue weighted by atomic mass is 9.99. The predicted molar refractivity (Wildman–Crippen MR) is 87.5 cm³/mol. The second-order valence-corrected chi connectivity index (χ2v) is 5.85. The quantitative estimate of drug-likeness (QED) is 0.816.